The van der Waals surface area contributed by atoms with Crippen molar-refractivity contribution >= 4 is 12.2 Å². The van der Waals surface area contributed by atoms with E-state index >= 15 is 0 Å². The summed E-state index contributed by atoms with van der Waals surface area (Å²) < 4.78 is 0. The molecule has 80 valence electrons. The Morgan fingerprint density at radius 3 is 2.60 bits per heavy atom. The molecule has 1 rings (SSSR count). The lowest BCUT2D eigenvalue weighted by Gasteiger charge is -1.98. The molecule has 0 radical (unpaired) electrons. The van der Waals surface area contributed by atoms with Gasteiger partial charge in [-0.1, -0.05) is 63.3 Å². The van der Waals surface area contributed by atoms with Crippen molar-refractivity contribution in [3.05, 3.63) is 46.9 Å². The molecule has 0 saturated carbocycles. The van der Waals surface area contributed by atoms with E-state index in [1.165, 1.54) is 17.2 Å². The Morgan fingerprint density at radius 2 is 2.00 bits per heavy atom. The van der Waals surface area contributed by atoms with Crippen molar-refractivity contribution in [3.8, 4) is 0 Å². The maximum atomic E-state index is 4.06. The van der Waals surface area contributed by atoms with Crippen LogP contribution < -0.4 is 10.4 Å². The van der Waals surface area contributed by atoms with Gasteiger partial charge < -0.3 is 0 Å². The first-order valence-corrected chi connectivity index (χ1v) is 5.73. The van der Waals surface area contributed by atoms with E-state index in [0.29, 0.717) is 0 Å². The Bertz CT molecular complexity index is 424. The molecule has 15 heavy (non-hydrogen) atoms. The van der Waals surface area contributed by atoms with E-state index in [4.69, 9.17) is 0 Å². The predicted octanol–water partition coefficient (Wildman–Crippen LogP) is 3.01. The Labute approximate surface area is 92.6 Å². The smallest absolute Gasteiger partial charge is 0.0158 e. The van der Waals surface area contributed by atoms with Crippen LogP contribution in [-0.2, 0) is 0 Å². The van der Waals surface area contributed by atoms with Gasteiger partial charge in [0.1, 0.15) is 0 Å². The molecule has 0 heteroatoms. The van der Waals surface area contributed by atoms with Gasteiger partial charge in [0.2, 0.25) is 0 Å². The third-order valence-corrected chi connectivity index (χ3v) is 2.52. The van der Waals surface area contributed by atoms with E-state index < -0.39 is 0 Å². The van der Waals surface area contributed by atoms with Gasteiger partial charge in [0.15, 0.2) is 0 Å². The molecule has 0 heterocycles. The molecule has 0 aliphatic carbocycles. The van der Waals surface area contributed by atoms with Crippen LogP contribution in [0.25, 0.3) is 12.2 Å². The van der Waals surface area contributed by atoms with E-state index in [1.54, 1.807) is 0 Å². The number of unbranched alkanes of at least 4 members (excludes halogenated alkanes) is 1. The van der Waals surface area contributed by atoms with Crippen LogP contribution in [0.1, 0.15) is 33.1 Å². The third kappa shape index (κ3) is 3.39. The van der Waals surface area contributed by atoms with Crippen molar-refractivity contribution < 1.29 is 0 Å². The van der Waals surface area contributed by atoms with Crippen molar-refractivity contribution in [2.24, 2.45) is 0 Å². The van der Waals surface area contributed by atoms with Crippen molar-refractivity contribution in [2.75, 3.05) is 0 Å². The highest BCUT2D eigenvalue weighted by atomic mass is 14.0. The zero-order chi connectivity index (χ0) is 11.1. The molecule has 0 amide bonds. The summed E-state index contributed by atoms with van der Waals surface area (Å²) in [6.45, 7) is 8.46. The average molecular weight is 200 g/mol. The highest BCUT2D eigenvalue weighted by molar-refractivity contribution is 5.56. The van der Waals surface area contributed by atoms with Gasteiger partial charge in [-0.2, -0.15) is 0 Å². The molecule has 0 aliphatic rings. The number of hydrogen-bond donors (Lipinski definition) is 0. The second-order valence-electron chi connectivity index (χ2n) is 3.73. The van der Waals surface area contributed by atoms with Gasteiger partial charge in [0, 0.05) is 0 Å². The number of hydrogen-bond acceptors (Lipinski definition) is 0. The van der Waals surface area contributed by atoms with Crippen LogP contribution in [0.4, 0.5) is 0 Å². The quantitative estimate of drug-likeness (QED) is 0.701. The Morgan fingerprint density at radius 1 is 1.27 bits per heavy atom. The number of benzene rings is 1. The normalized spacial score (nSPS) is 13.2. The second kappa shape index (κ2) is 6.23. The lowest BCUT2D eigenvalue weighted by Crippen LogP contribution is -2.24. The van der Waals surface area contributed by atoms with Crippen LogP contribution in [-0.4, -0.2) is 0 Å². The van der Waals surface area contributed by atoms with Crippen molar-refractivity contribution in [1.29, 1.82) is 0 Å². The molecule has 0 spiro atoms. The minimum absolute atomic E-state index is 1.06. The Kier molecular flexibility index (Phi) is 4.89. The van der Waals surface area contributed by atoms with E-state index in [9.17, 15) is 0 Å². The first-order valence-electron chi connectivity index (χ1n) is 5.73. The summed E-state index contributed by atoms with van der Waals surface area (Å²) in [7, 11) is 0. The SMILES string of the molecule is C=c1cccc/c1=C(/C=C/CCC)CC. The molecular weight excluding hydrogens is 180 g/mol. The molecule has 0 N–H and O–H groups in total. The molecule has 0 bridgehead atoms. The molecule has 0 atom stereocenters. The largest absolute Gasteiger partial charge is 0.0911 e. The molecule has 0 aliphatic heterocycles. The van der Waals surface area contributed by atoms with E-state index in [-0.39, 0.29) is 0 Å². The maximum Gasteiger partial charge on any atom is -0.0158 e. The van der Waals surface area contributed by atoms with Crippen molar-refractivity contribution in [1.82, 2.24) is 0 Å². The summed E-state index contributed by atoms with van der Waals surface area (Å²) >= 11 is 0. The second-order valence-corrected chi connectivity index (χ2v) is 3.73. The lowest BCUT2D eigenvalue weighted by molar-refractivity contribution is 0.958. The Balaban J connectivity index is 3.14. The number of allylic oxidation sites excluding steroid dienone is 2. The molecule has 1 aromatic carbocycles. The highest BCUT2D eigenvalue weighted by Gasteiger charge is 1.90. The van der Waals surface area contributed by atoms with Crippen LogP contribution in [0.15, 0.2) is 36.4 Å². The topological polar surface area (TPSA) is 0 Å². The van der Waals surface area contributed by atoms with Gasteiger partial charge in [0.25, 0.3) is 0 Å². The average Bonchev–Trinajstić information content (AvgIpc) is 2.26. The monoisotopic (exact) mass is 200 g/mol. The Hall–Kier alpha value is -1.30. The standard InChI is InChI=1S/C15H20/c1-4-6-7-11-14(5-2)15-12-9-8-10-13(15)3/h7-12H,3-6H2,1-2H3/b11-7+,15-14-. The van der Waals surface area contributed by atoms with Crippen LogP contribution >= 0.6 is 0 Å². The minimum atomic E-state index is 1.06. The lowest BCUT2D eigenvalue weighted by atomic mass is 10.1. The fourth-order valence-electron chi connectivity index (χ4n) is 1.62. The molecule has 1 aromatic rings. The van der Waals surface area contributed by atoms with Gasteiger partial charge in [0.05, 0.1) is 0 Å². The van der Waals surface area contributed by atoms with Gasteiger partial charge in [-0.05, 0) is 28.9 Å². The van der Waals surface area contributed by atoms with Crippen molar-refractivity contribution in [3.63, 3.8) is 0 Å². The zero-order valence-corrected chi connectivity index (χ0v) is 9.79. The summed E-state index contributed by atoms with van der Waals surface area (Å²) in [5.74, 6) is 0. The fourth-order valence-corrected chi connectivity index (χ4v) is 1.62. The van der Waals surface area contributed by atoms with E-state index in [2.05, 4.69) is 50.8 Å². The van der Waals surface area contributed by atoms with Crippen LogP contribution in [0.3, 0.4) is 0 Å². The van der Waals surface area contributed by atoms with Crippen LogP contribution in [0.5, 0.6) is 0 Å². The van der Waals surface area contributed by atoms with E-state index in [1.807, 2.05) is 6.07 Å². The van der Waals surface area contributed by atoms with Gasteiger partial charge in [-0.3, -0.25) is 0 Å². The summed E-state index contributed by atoms with van der Waals surface area (Å²) in [6, 6.07) is 8.33. The van der Waals surface area contributed by atoms with Gasteiger partial charge in [-0.15, -0.1) is 0 Å². The fraction of sp³-hybridized carbons (Fsp3) is 0.333. The first-order chi connectivity index (χ1) is 7.29. The molecule has 0 nitrogen and oxygen atoms in total. The highest BCUT2D eigenvalue weighted by Crippen LogP contribution is 2.02. The molecule has 0 unspecified atom stereocenters. The summed E-state index contributed by atoms with van der Waals surface area (Å²) in [4.78, 5) is 0. The van der Waals surface area contributed by atoms with Crippen molar-refractivity contribution in [2.45, 2.75) is 33.1 Å². The predicted molar refractivity (Wildman–Crippen MR) is 69.0 cm³/mol. The van der Waals surface area contributed by atoms with Crippen LogP contribution in [0, 0.1) is 0 Å². The molecule has 0 saturated heterocycles. The minimum Gasteiger partial charge on any atom is -0.0911 e. The maximum absolute atomic E-state index is 4.06. The van der Waals surface area contributed by atoms with Gasteiger partial charge in [-0.25, -0.2) is 0 Å². The molecule has 0 aromatic heterocycles. The molecular formula is C15H20. The van der Waals surface area contributed by atoms with E-state index in [0.717, 1.165) is 18.1 Å². The molecule has 0 fully saturated rings. The zero-order valence-electron chi connectivity index (χ0n) is 9.79. The summed E-state index contributed by atoms with van der Waals surface area (Å²) in [5.41, 5.74) is 1.38. The first kappa shape index (κ1) is 11.8. The summed E-state index contributed by atoms with van der Waals surface area (Å²) in [5, 5.41) is 2.41. The summed E-state index contributed by atoms with van der Waals surface area (Å²) in [6.07, 6.45) is 7.92. The van der Waals surface area contributed by atoms with Gasteiger partial charge >= 0.3 is 0 Å². The van der Waals surface area contributed by atoms with Crippen LogP contribution in [0.2, 0.25) is 0 Å². The number of rotatable bonds is 4. The third-order valence-electron chi connectivity index (χ3n) is 2.52.